The lowest BCUT2D eigenvalue weighted by atomic mass is 10.2. The molecule has 4 nitrogen and oxygen atoms in total. The summed E-state index contributed by atoms with van der Waals surface area (Å²) >= 11 is 4.83. The van der Waals surface area contributed by atoms with Crippen LogP contribution in [0.4, 0.5) is 0 Å². The van der Waals surface area contributed by atoms with Crippen LogP contribution in [0.3, 0.4) is 0 Å². The first-order valence-corrected chi connectivity index (χ1v) is 9.78. The highest BCUT2D eigenvalue weighted by molar-refractivity contribution is 9.10. The molecule has 2 aromatic carbocycles. The third-order valence-electron chi connectivity index (χ3n) is 3.87. The Labute approximate surface area is 164 Å². The van der Waals surface area contributed by atoms with Crippen molar-refractivity contribution < 1.29 is 9.90 Å². The summed E-state index contributed by atoms with van der Waals surface area (Å²) in [6, 6.07) is 15.8. The van der Waals surface area contributed by atoms with Crippen molar-refractivity contribution in [1.29, 1.82) is 0 Å². The molecule has 132 valence electrons. The van der Waals surface area contributed by atoms with E-state index in [1.54, 1.807) is 6.92 Å². The standard InChI is InChI=1S/C20H17BrN2O2S/c1-12-3-5-14(6-4-12)11-26-19-17(20(24)25)13(2)22-18(23-19)15-7-9-16(21)10-8-15/h3-10H,11H2,1-2H3,(H,24,25). The van der Waals surface area contributed by atoms with Gasteiger partial charge in [-0.3, -0.25) is 0 Å². The Morgan fingerprint density at radius 2 is 1.69 bits per heavy atom. The van der Waals surface area contributed by atoms with Gasteiger partial charge in [-0.05, 0) is 31.5 Å². The molecule has 0 unspecified atom stereocenters. The molecule has 0 amide bonds. The Bertz CT molecular complexity index is 941. The highest BCUT2D eigenvalue weighted by Gasteiger charge is 2.19. The second-order valence-electron chi connectivity index (χ2n) is 5.90. The van der Waals surface area contributed by atoms with Crippen molar-refractivity contribution in [2.75, 3.05) is 0 Å². The predicted molar refractivity (Wildman–Crippen MR) is 108 cm³/mol. The summed E-state index contributed by atoms with van der Waals surface area (Å²) in [7, 11) is 0. The van der Waals surface area contributed by atoms with Gasteiger partial charge in [-0.15, -0.1) is 11.8 Å². The third-order valence-corrected chi connectivity index (χ3v) is 5.44. The van der Waals surface area contributed by atoms with Gasteiger partial charge < -0.3 is 5.11 Å². The molecule has 0 spiro atoms. The van der Waals surface area contributed by atoms with Crippen LogP contribution in [0.15, 0.2) is 58.0 Å². The van der Waals surface area contributed by atoms with Gasteiger partial charge in [0.05, 0.1) is 5.69 Å². The molecule has 6 heteroatoms. The van der Waals surface area contributed by atoms with Crippen LogP contribution in [0.1, 0.15) is 27.2 Å². The molecule has 0 saturated heterocycles. The number of thioether (sulfide) groups is 1. The Kier molecular flexibility index (Phi) is 5.74. The van der Waals surface area contributed by atoms with Crippen molar-refractivity contribution in [2.24, 2.45) is 0 Å². The van der Waals surface area contributed by atoms with Crippen LogP contribution in [0.25, 0.3) is 11.4 Å². The predicted octanol–water partition coefficient (Wildman–Crippen LogP) is 5.51. The van der Waals surface area contributed by atoms with E-state index in [-0.39, 0.29) is 5.56 Å². The molecule has 0 radical (unpaired) electrons. The fourth-order valence-electron chi connectivity index (χ4n) is 2.46. The van der Waals surface area contributed by atoms with E-state index >= 15 is 0 Å². The van der Waals surface area contributed by atoms with Crippen LogP contribution >= 0.6 is 27.7 Å². The molecule has 3 aromatic rings. The van der Waals surface area contributed by atoms with E-state index in [0.29, 0.717) is 22.3 Å². The van der Waals surface area contributed by atoms with Gasteiger partial charge in [-0.2, -0.15) is 0 Å². The number of carboxylic acid groups (broad SMARTS) is 1. The maximum atomic E-state index is 11.7. The Hall–Kier alpha value is -2.18. The largest absolute Gasteiger partial charge is 0.478 e. The van der Waals surface area contributed by atoms with Crippen molar-refractivity contribution in [3.05, 3.63) is 75.4 Å². The molecular weight excluding hydrogens is 412 g/mol. The zero-order valence-corrected chi connectivity index (χ0v) is 16.8. The maximum absolute atomic E-state index is 11.7. The minimum Gasteiger partial charge on any atom is -0.478 e. The van der Waals surface area contributed by atoms with Gasteiger partial charge in [0, 0.05) is 15.8 Å². The van der Waals surface area contributed by atoms with Gasteiger partial charge in [0.15, 0.2) is 5.82 Å². The van der Waals surface area contributed by atoms with E-state index < -0.39 is 5.97 Å². The van der Waals surface area contributed by atoms with E-state index in [0.717, 1.165) is 15.6 Å². The average molecular weight is 429 g/mol. The number of aromatic carboxylic acids is 1. The summed E-state index contributed by atoms with van der Waals surface area (Å²) < 4.78 is 0.967. The molecule has 0 saturated carbocycles. The Morgan fingerprint density at radius 3 is 2.31 bits per heavy atom. The van der Waals surface area contributed by atoms with E-state index in [9.17, 15) is 9.90 Å². The van der Waals surface area contributed by atoms with E-state index in [2.05, 4.69) is 25.9 Å². The molecule has 26 heavy (non-hydrogen) atoms. The van der Waals surface area contributed by atoms with E-state index in [4.69, 9.17) is 0 Å². The van der Waals surface area contributed by atoms with Gasteiger partial charge in [0.25, 0.3) is 0 Å². The van der Waals surface area contributed by atoms with Crippen molar-refractivity contribution >= 4 is 33.7 Å². The molecule has 0 bridgehead atoms. The van der Waals surface area contributed by atoms with Gasteiger partial charge in [0.2, 0.25) is 0 Å². The summed E-state index contributed by atoms with van der Waals surface area (Å²) in [4.78, 5) is 20.6. The minimum absolute atomic E-state index is 0.169. The van der Waals surface area contributed by atoms with Gasteiger partial charge in [0.1, 0.15) is 10.6 Å². The number of halogens is 1. The second-order valence-corrected chi connectivity index (χ2v) is 7.78. The molecule has 1 N–H and O–H groups in total. The topological polar surface area (TPSA) is 63.1 Å². The first-order valence-electron chi connectivity index (χ1n) is 8.00. The number of rotatable bonds is 5. The molecule has 0 aliphatic rings. The maximum Gasteiger partial charge on any atom is 0.340 e. The third kappa shape index (κ3) is 4.31. The van der Waals surface area contributed by atoms with Crippen LogP contribution in [0.5, 0.6) is 0 Å². The van der Waals surface area contributed by atoms with Crippen molar-refractivity contribution in [3.8, 4) is 11.4 Å². The quantitative estimate of drug-likeness (QED) is 0.428. The number of carboxylic acids is 1. The molecule has 0 fully saturated rings. The van der Waals surface area contributed by atoms with Gasteiger partial charge >= 0.3 is 5.97 Å². The zero-order chi connectivity index (χ0) is 18.7. The van der Waals surface area contributed by atoms with Gasteiger partial charge in [-0.1, -0.05) is 57.9 Å². The van der Waals surface area contributed by atoms with Gasteiger partial charge in [-0.25, -0.2) is 14.8 Å². The lowest BCUT2D eigenvalue weighted by Gasteiger charge is -2.11. The number of carbonyl (C=O) groups is 1. The first kappa shape index (κ1) is 18.6. The smallest absolute Gasteiger partial charge is 0.340 e. The number of benzene rings is 2. The fraction of sp³-hybridized carbons (Fsp3) is 0.150. The lowest BCUT2D eigenvalue weighted by Crippen LogP contribution is -2.08. The molecule has 0 aliphatic heterocycles. The average Bonchev–Trinajstić information content (AvgIpc) is 2.61. The lowest BCUT2D eigenvalue weighted by molar-refractivity contribution is 0.0690. The van der Waals surface area contributed by atoms with Crippen molar-refractivity contribution in [3.63, 3.8) is 0 Å². The summed E-state index contributed by atoms with van der Waals surface area (Å²) in [6.45, 7) is 3.75. The number of hydrogen-bond acceptors (Lipinski definition) is 4. The van der Waals surface area contributed by atoms with E-state index in [1.165, 1.54) is 17.3 Å². The normalized spacial score (nSPS) is 10.7. The van der Waals surface area contributed by atoms with Crippen LogP contribution in [0, 0.1) is 13.8 Å². The molecular formula is C20H17BrN2O2S. The first-order chi connectivity index (χ1) is 12.4. The highest BCUT2D eigenvalue weighted by Crippen LogP contribution is 2.29. The zero-order valence-electron chi connectivity index (χ0n) is 14.4. The number of aryl methyl sites for hydroxylation is 2. The number of aromatic nitrogens is 2. The second kappa shape index (κ2) is 8.01. The Balaban J connectivity index is 1.96. The van der Waals surface area contributed by atoms with Crippen LogP contribution in [0.2, 0.25) is 0 Å². The summed E-state index contributed by atoms with van der Waals surface area (Å²) in [5.74, 6) is 0.180. The minimum atomic E-state index is -1.00. The number of nitrogens with zero attached hydrogens (tertiary/aromatic N) is 2. The highest BCUT2D eigenvalue weighted by atomic mass is 79.9. The number of hydrogen-bond donors (Lipinski definition) is 1. The molecule has 0 atom stereocenters. The fourth-order valence-corrected chi connectivity index (χ4v) is 3.75. The van der Waals surface area contributed by atoms with Crippen molar-refractivity contribution in [2.45, 2.75) is 24.6 Å². The SMILES string of the molecule is Cc1ccc(CSc2nc(-c3ccc(Br)cc3)nc(C)c2C(=O)O)cc1. The molecule has 1 heterocycles. The van der Waals surface area contributed by atoms with Crippen molar-refractivity contribution in [1.82, 2.24) is 9.97 Å². The van der Waals surface area contributed by atoms with Crippen LogP contribution in [-0.4, -0.2) is 21.0 Å². The summed E-state index contributed by atoms with van der Waals surface area (Å²) in [5, 5.41) is 10.1. The monoisotopic (exact) mass is 428 g/mol. The Morgan fingerprint density at radius 1 is 1.04 bits per heavy atom. The van der Waals surface area contributed by atoms with Crippen LogP contribution in [-0.2, 0) is 5.75 Å². The summed E-state index contributed by atoms with van der Waals surface area (Å²) in [6.07, 6.45) is 0. The summed E-state index contributed by atoms with van der Waals surface area (Å²) in [5.41, 5.74) is 3.81. The molecule has 0 aliphatic carbocycles. The van der Waals surface area contributed by atoms with E-state index in [1.807, 2.05) is 55.5 Å². The molecule has 1 aromatic heterocycles. The van der Waals surface area contributed by atoms with Crippen LogP contribution < -0.4 is 0 Å². The molecule has 3 rings (SSSR count).